The molecule has 1 saturated heterocycles. The van der Waals surface area contributed by atoms with E-state index in [2.05, 4.69) is 22.8 Å². The molecule has 0 saturated carbocycles. The normalized spacial score (nSPS) is 14.3. The molecule has 2 aromatic carbocycles. The Bertz CT molecular complexity index is 1300. The van der Waals surface area contributed by atoms with E-state index in [1.807, 2.05) is 34.9 Å². The molecule has 2 heterocycles. The molecule has 1 aliphatic rings. The molecule has 9 nitrogen and oxygen atoms in total. The van der Waals surface area contributed by atoms with E-state index in [4.69, 9.17) is 0 Å². The maximum Gasteiger partial charge on any atom is 0.243 e. The summed E-state index contributed by atoms with van der Waals surface area (Å²) in [6.07, 6.45) is 3.31. The monoisotopic (exact) mass is 497 g/mol. The van der Waals surface area contributed by atoms with Crippen molar-refractivity contribution in [1.29, 1.82) is 0 Å². The summed E-state index contributed by atoms with van der Waals surface area (Å²) in [6, 6.07) is 14.4. The van der Waals surface area contributed by atoms with E-state index in [-0.39, 0.29) is 29.6 Å². The van der Waals surface area contributed by atoms with Gasteiger partial charge in [0, 0.05) is 32.5 Å². The molecule has 2 N–H and O–H groups in total. The number of benzene rings is 2. The molecule has 2 amide bonds. The third kappa shape index (κ3) is 5.88. The Morgan fingerprint density at radius 1 is 1.00 bits per heavy atom. The molecule has 0 radical (unpaired) electrons. The highest BCUT2D eigenvalue weighted by molar-refractivity contribution is 7.89. The van der Waals surface area contributed by atoms with E-state index in [1.54, 1.807) is 18.2 Å². The lowest BCUT2D eigenvalue weighted by atomic mass is 10.1. The zero-order valence-corrected chi connectivity index (χ0v) is 20.7. The van der Waals surface area contributed by atoms with E-state index in [0.29, 0.717) is 37.4 Å². The number of nitrogens with zero attached hydrogens (tertiary/aromatic N) is 3. The van der Waals surface area contributed by atoms with Crippen LogP contribution in [0.1, 0.15) is 44.0 Å². The highest BCUT2D eigenvalue weighted by Crippen LogP contribution is 2.25. The molecule has 1 fully saturated rings. The third-order valence-electron chi connectivity index (χ3n) is 6.07. The van der Waals surface area contributed by atoms with Gasteiger partial charge < -0.3 is 4.57 Å². The molecule has 10 heteroatoms. The quantitative estimate of drug-likeness (QED) is 0.441. The zero-order chi connectivity index (χ0) is 24.8. The Morgan fingerprint density at radius 3 is 2.43 bits per heavy atom. The van der Waals surface area contributed by atoms with E-state index in [9.17, 15) is 18.0 Å². The fraction of sp³-hybridized carbons (Fsp3) is 0.400. The van der Waals surface area contributed by atoms with Crippen molar-refractivity contribution < 1.29 is 18.0 Å². The molecule has 0 aliphatic carbocycles. The lowest BCUT2D eigenvalue weighted by Crippen LogP contribution is -2.42. The van der Waals surface area contributed by atoms with Crippen LogP contribution in [0.25, 0.3) is 11.0 Å². The van der Waals surface area contributed by atoms with Crippen molar-refractivity contribution in [2.24, 2.45) is 0 Å². The number of fused-ring (bicyclic) bond motifs is 1. The Hall–Kier alpha value is -3.24. The number of hydrogen-bond acceptors (Lipinski definition) is 5. The first kappa shape index (κ1) is 24.9. The van der Waals surface area contributed by atoms with Crippen LogP contribution in [0.3, 0.4) is 0 Å². The molecule has 4 rings (SSSR count). The van der Waals surface area contributed by atoms with Crippen LogP contribution < -0.4 is 10.9 Å². The van der Waals surface area contributed by atoms with Gasteiger partial charge in [-0.3, -0.25) is 20.4 Å². The molecule has 1 aliphatic heterocycles. The SMILES string of the molecule is CCCn1c(CCC(=O)NNC(=O)Cc2ccccc2)nc2cc(S(=O)(=O)N3CCCC3)ccc21. The minimum absolute atomic E-state index is 0.136. The van der Waals surface area contributed by atoms with Crippen LogP contribution in [-0.4, -0.2) is 47.2 Å². The van der Waals surface area contributed by atoms with E-state index < -0.39 is 10.0 Å². The molecular formula is C25H31N5O4S. The van der Waals surface area contributed by atoms with E-state index in [1.165, 1.54) is 4.31 Å². The van der Waals surface area contributed by atoms with Gasteiger partial charge in [-0.2, -0.15) is 4.31 Å². The predicted molar refractivity (Wildman–Crippen MR) is 133 cm³/mol. The summed E-state index contributed by atoms with van der Waals surface area (Å²) in [6.45, 7) is 3.86. The van der Waals surface area contributed by atoms with E-state index in [0.717, 1.165) is 30.3 Å². The number of aryl methyl sites for hydroxylation is 2. The van der Waals surface area contributed by atoms with Crippen LogP contribution in [0.4, 0.5) is 0 Å². The van der Waals surface area contributed by atoms with Crippen LogP contribution >= 0.6 is 0 Å². The van der Waals surface area contributed by atoms with Crippen molar-refractivity contribution in [2.45, 2.75) is 56.9 Å². The van der Waals surface area contributed by atoms with Gasteiger partial charge in [0.2, 0.25) is 21.8 Å². The van der Waals surface area contributed by atoms with Crippen molar-refractivity contribution >= 4 is 32.9 Å². The summed E-state index contributed by atoms with van der Waals surface area (Å²) in [5, 5.41) is 0. The summed E-state index contributed by atoms with van der Waals surface area (Å²) in [5.74, 6) is 0.0941. The van der Waals surface area contributed by atoms with Gasteiger partial charge in [-0.05, 0) is 43.0 Å². The summed E-state index contributed by atoms with van der Waals surface area (Å²) in [5.41, 5.74) is 7.21. The number of carbonyl (C=O) groups is 2. The second-order valence-corrected chi connectivity index (χ2v) is 10.6. The number of aromatic nitrogens is 2. The van der Waals surface area contributed by atoms with Gasteiger partial charge in [-0.1, -0.05) is 37.3 Å². The average Bonchev–Trinajstić information content (AvgIpc) is 3.51. The molecule has 0 atom stereocenters. The second kappa shape index (κ2) is 11.0. The summed E-state index contributed by atoms with van der Waals surface area (Å²) in [7, 11) is -3.53. The van der Waals surface area contributed by atoms with Gasteiger partial charge in [-0.15, -0.1) is 0 Å². The van der Waals surface area contributed by atoms with Crippen molar-refractivity contribution in [3.05, 3.63) is 59.9 Å². The van der Waals surface area contributed by atoms with Gasteiger partial charge in [-0.25, -0.2) is 13.4 Å². The van der Waals surface area contributed by atoms with Gasteiger partial charge in [0.05, 0.1) is 22.3 Å². The van der Waals surface area contributed by atoms with Crippen molar-refractivity contribution in [3.8, 4) is 0 Å². The highest BCUT2D eigenvalue weighted by atomic mass is 32.2. The van der Waals surface area contributed by atoms with Crippen LogP contribution in [0, 0.1) is 0 Å². The fourth-order valence-corrected chi connectivity index (χ4v) is 5.85. The van der Waals surface area contributed by atoms with Gasteiger partial charge in [0.25, 0.3) is 0 Å². The van der Waals surface area contributed by atoms with Gasteiger partial charge in [0.1, 0.15) is 5.82 Å². The second-order valence-electron chi connectivity index (χ2n) is 8.70. The molecule has 0 unspecified atom stereocenters. The molecular weight excluding hydrogens is 466 g/mol. The minimum atomic E-state index is -3.53. The predicted octanol–water partition coefficient (Wildman–Crippen LogP) is 2.55. The number of amides is 2. The van der Waals surface area contributed by atoms with Crippen molar-refractivity contribution in [2.75, 3.05) is 13.1 Å². The van der Waals surface area contributed by atoms with Crippen molar-refractivity contribution in [3.63, 3.8) is 0 Å². The van der Waals surface area contributed by atoms with Crippen LogP contribution in [0.15, 0.2) is 53.4 Å². The van der Waals surface area contributed by atoms with Crippen LogP contribution in [0.5, 0.6) is 0 Å². The number of carbonyl (C=O) groups excluding carboxylic acids is 2. The maximum absolute atomic E-state index is 13.0. The molecule has 186 valence electrons. The first-order valence-corrected chi connectivity index (χ1v) is 13.4. The Kier molecular flexibility index (Phi) is 7.82. The smallest absolute Gasteiger partial charge is 0.243 e. The van der Waals surface area contributed by atoms with E-state index >= 15 is 0 Å². The number of rotatable bonds is 9. The molecule has 0 bridgehead atoms. The first-order valence-electron chi connectivity index (χ1n) is 12.0. The summed E-state index contributed by atoms with van der Waals surface area (Å²) < 4.78 is 29.5. The molecule has 3 aromatic rings. The van der Waals surface area contributed by atoms with Gasteiger partial charge >= 0.3 is 0 Å². The number of hydrazine groups is 1. The zero-order valence-electron chi connectivity index (χ0n) is 19.9. The lowest BCUT2D eigenvalue weighted by molar-refractivity contribution is -0.128. The first-order chi connectivity index (χ1) is 16.9. The number of imidazole rings is 1. The van der Waals surface area contributed by atoms with Gasteiger partial charge in [0.15, 0.2) is 0 Å². The van der Waals surface area contributed by atoms with Crippen molar-refractivity contribution in [1.82, 2.24) is 24.7 Å². The highest BCUT2D eigenvalue weighted by Gasteiger charge is 2.28. The molecule has 35 heavy (non-hydrogen) atoms. The molecule has 1 aromatic heterocycles. The molecule has 0 spiro atoms. The Balaban J connectivity index is 1.41. The fourth-order valence-electron chi connectivity index (χ4n) is 4.31. The minimum Gasteiger partial charge on any atom is -0.328 e. The Morgan fingerprint density at radius 2 is 1.71 bits per heavy atom. The average molecular weight is 498 g/mol. The topological polar surface area (TPSA) is 113 Å². The summed E-state index contributed by atoms with van der Waals surface area (Å²) in [4.78, 5) is 29.3. The summed E-state index contributed by atoms with van der Waals surface area (Å²) >= 11 is 0. The number of sulfonamides is 1. The third-order valence-corrected chi connectivity index (χ3v) is 7.97. The maximum atomic E-state index is 13.0. The van der Waals surface area contributed by atoms with Crippen LogP contribution in [0.2, 0.25) is 0 Å². The standard InChI is InChI=1S/C25H31N5O4S/c1-2-14-30-22-11-10-20(35(33,34)29-15-6-7-16-29)18-21(22)26-23(30)12-13-24(31)27-28-25(32)17-19-8-4-3-5-9-19/h3-5,8-11,18H,2,6-7,12-17H2,1H3,(H,27,31)(H,28,32). The van der Waals surface area contributed by atoms with Crippen LogP contribution in [-0.2, 0) is 39.0 Å². The Labute approximate surface area is 205 Å². The number of nitrogens with one attached hydrogen (secondary N) is 2. The lowest BCUT2D eigenvalue weighted by Gasteiger charge is -2.15. The largest absolute Gasteiger partial charge is 0.328 e. The number of hydrogen-bond donors (Lipinski definition) is 2.